The number of carbonyl (C=O) groups excluding carboxylic acids is 2. The Hall–Kier alpha value is -2.88. The molecule has 7 heteroatoms. The van der Waals surface area contributed by atoms with Gasteiger partial charge in [-0.05, 0) is 36.4 Å². The van der Waals surface area contributed by atoms with Crippen LogP contribution in [0.5, 0.6) is 0 Å². The van der Waals surface area contributed by atoms with Gasteiger partial charge in [0.15, 0.2) is 6.54 Å². The third-order valence-corrected chi connectivity index (χ3v) is 4.91. The largest absolute Gasteiger partial charge is 0.327 e. The third-order valence-electron chi connectivity index (χ3n) is 4.58. The number of anilines is 1. The summed E-state index contributed by atoms with van der Waals surface area (Å²) in [6.45, 7) is 2.93. The van der Waals surface area contributed by atoms with Crippen LogP contribution in [-0.4, -0.2) is 49.4 Å². The van der Waals surface area contributed by atoms with Crippen LogP contribution in [0.3, 0.4) is 0 Å². The molecule has 1 heterocycles. The Morgan fingerprint density at radius 2 is 1.78 bits per heavy atom. The molecule has 0 saturated carbocycles. The number of halogens is 1. The first-order valence-electron chi connectivity index (χ1n) is 8.74. The summed E-state index contributed by atoms with van der Waals surface area (Å²) in [4.78, 5) is 27.7. The van der Waals surface area contributed by atoms with E-state index in [2.05, 4.69) is 5.32 Å². The summed E-state index contributed by atoms with van der Waals surface area (Å²) >= 11 is 6.06. The Balaban J connectivity index is 1.49. The van der Waals surface area contributed by atoms with Gasteiger partial charge < -0.3 is 15.1 Å². The summed E-state index contributed by atoms with van der Waals surface area (Å²) in [5, 5.41) is 12.2. The van der Waals surface area contributed by atoms with Crippen molar-refractivity contribution < 1.29 is 14.5 Å². The number of nitriles is 1. The summed E-state index contributed by atoms with van der Waals surface area (Å²) in [5.74, 6) is -0.135. The molecule has 6 nitrogen and oxygen atoms in total. The Labute approximate surface area is 162 Å². The number of amides is 2. The molecule has 0 aliphatic carbocycles. The van der Waals surface area contributed by atoms with Gasteiger partial charge in [0, 0.05) is 5.56 Å². The fourth-order valence-electron chi connectivity index (χ4n) is 3.06. The van der Waals surface area contributed by atoms with Gasteiger partial charge in [-0.15, -0.1) is 0 Å². The summed E-state index contributed by atoms with van der Waals surface area (Å²) in [6, 6.07) is 15.8. The second kappa shape index (κ2) is 8.67. The number of hydrogen-bond donors (Lipinski definition) is 2. The number of piperazine rings is 1. The second-order valence-corrected chi connectivity index (χ2v) is 6.84. The summed E-state index contributed by atoms with van der Waals surface area (Å²) in [5.41, 5.74) is 1.72. The molecule has 0 aromatic heterocycles. The lowest BCUT2D eigenvalue weighted by Crippen LogP contribution is -3.15. The fourth-order valence-corrected chi connectivity index (χ4v) is 3.24. The van der Waals surface area contributed by atoms with Crippen molar-refractivity contribution in [2.75, 3.05) is 38.0 Å². The number of hydrogen-bond acceptors (Lipinski definition) is 3. The average Bonchev–Trinajstić information content (AvgIpc) is 2.70. The van der Waals surface area contributed by atoms with Gasteiger partial charge >= 0.3 is 0 Å². The topological polar surface area (TPSA) is 77.6 Å². The van der Waals surface area contributed by atoms with Gasteiger partial charge in [0.1, 0.15) is 0 Å². The average molecular weight is 384 g/mol. The van der Waals surface area contributed by atoms with Crippen molar-refractivity contribution in [3.05, 3.63) is 64.7 Å². The molecule has 1 fully saturated rings. The Bertz CT molecular complexity index is 868. The van der Waals surface area contributed by atoms with E-state index in [4.69, 9.17) is 16.9 Å². The van der Waals surface area contributed by atoms with Gasteiger partial charge in [-0.2, -0.15) is 5.26 Å². The van der Waals surface area contributed by atoms with Gasteiger partial charge in [-0.3, -0.25) is 9.59 Å². The maximum atomic E-state index is 12.5. The van der Waals surface area contributed by atoms with Crippen molar-refractivity contribution in [2.24, 2.45) is 0 Å². The molecule has 2 N–H and O–H groups in total. The molecule has 3 rings (SSSR count). The molecule has 138 valence electrons. The third kappa shape index (κ3) is 4.85. The van der Waals surface area contributed by atoms with E-state index in [9.17, 15) is 9.59 Å². The van der Waals surface area contributed by atoms with Crippen LogP contribution in [0, 0.1) is 11.3 Å². The first kappa shape index (κ1) is 18.9. The van der Waals surface area contributed by atoms with E-state index < -0.39 is 0 Å². The molecule has 1 aliphatic rings. The smallest absolute Gasteiger partial charge is 0.279 e. The molecule has 2 aromatic rings. The van der Waals surface area contributed by atoms with Gasteiger partial charge in [-0.1, -0.05) is 23.7 Å². The monoisotopic (exact) mass is 383 g/mol. The highest BCUT2D eigenvalue weighted by atomic mass is 35.5. The number of nitrogens with zero attached hydrogens (tertiary/aromatic N) is 2. The normalized spacial score (nSPS) is 14.4. The fraction of sp³-hybridized carbons (Fsp3) is 0.250. The maximum absolute atomic E-state index is 12.5. The zero-order chi connectivity index (χ0) is 19.2. The quantitative estimate of drug-likeness (QED) is 0.832. The van der Waals surface area contributed by atoms with Gasteiger partial charge in [-0.25, -0.2) is 0 Å². The molecular weight excluding hydrogens is 364 g/mol. The molecule has 0 radical (unpaired) electrons. The highest BCUT2D eigenvalue weighted by Gasteiger charge is 2.26. The zero-order valence-electron chi connectivity index (χ0n) is 14.7. The first-order chi connectivity index (χ1) is 13.1. The van der Waals surface area contributed by atoms with E-state index in [1.807, 2.05) is 18.2 Å². The van der Waals surface area contributed by atoms with Crippen molar-refractivity contribution in [3.63, 3.8) is 0 Å². The summed E-state index contributed by atoms with van der Waals surface area (Å²) < 4.78 is 0. The number of nitrogens with one attached hydrogen (secondary N) is 2. The Morgan fingerprint density at radius 1 is 1.11 bits per heavy atom. The molecular formula is C20H20ClN4O2+. The van der Waals surface area contributed by atoms with E-state index in [0.717, 1.165) is 4.90 Å². The lowest BCUT2D eigenvalue weighted by molar-refractivity contribution is -0.895. The Kier molecular flexibility index (Phi) is 6.07. The minimum absolute atomic E-state index is 0.0425. The van der Waals surface area contributed by atoms with Gasteiger partial charge in [0.25, 0.3) is 11.8 Å². The molecule has 2 aromatic carbocycles. The van der Waals surface area contributed by atoms with Gasteiger partial charge in [0.2, 0.25) is 0 Å². The number of benzene rings is 2. The predicted octanol–water partition coefficient (Wildman–Crippen LogP) is 1.19. The highest BCUT2D eigenvalue weighted by Crippen LogP contribution is 2.19. The van der Waals surface area contributed by atoms with Crippen LogP contribution in [0.4, 0.5) is 5.69 Å². The van der Waals surface area contributed by atoms with Crippen molar-refractivity contribution in [2.45, 2.75) is 0 Å². The van der Waals surface area contributed by atoms with Gasteiger partial charge in [0.05, 0.1) is 48.5 Å². The van der Waals surface area contributed by atoms with E-state index in [0.29, 0.717) is 54.6 Å². The standard InChI is InChI=1S/C20H19ClN4O2/c21-17-3-1-2-4-18(17)23-19(26)14-24-9-11-25(12-10-24)20(27)16-7-5-15(13-22)6-8-16/h1-8H,9-12,14H2,(H,23,26)/p+1. The van der Waals surface area contributed by atoms with Crippen LogP contribution in [0.1, 0.15) is 15.9 Å². The molecule has 0 spiro atoms. The second-order valence-electron chi connectivity index (χ2n) is 6.44. The Morgan fingerprint density at radius 3 is 2.41 bits per heavy atom. The van der Waals surface area contributed by atoms with E-state index in [1.54, 1.807) is 41.3 Å². The molecule has 1 saturated heterocycles. The molecule has 1 aliphatic heterocycles. The van der Waals surface area contributed by atoms with Crippen LogP contribution in [0.2, 0.25) is 5.02 Å². The van der Waals surface area contributed by atoms with E-state index in [-0.39, 0.29) is 11.8 Å². The van der Waals surface area contributed by atoms with Crippen molar-refractivity contribution in [3.8, 4) is 6.07 Å². The minimum Gasteiger partial charge on any atom is -0.327 e. The van der Waals surface area contributed by atoms with E-state index >= 15 is 0 Å². The zero-order valence-corrected chi connectivity index (χ0v) is 15.5. The van der Waals surface area contributed by atoms with Crippen LogP contribution >= 0.6 is 11.6 Å². The first-order valence-corrected chi connectivity index (χ1v) is 9.12. The number of quaternary nitrogens is 1. The van der Waals surface area contributed by atoms with Crippen LogP contribution in [0.15, 0.2) is 48.5 Å². The summed E-state index contributed by atoms with van der Waals surface area (Å²) in [6.07, 6.45) is 0. The molecule has 0 unspecified atom stereocenters. The van der Waals surface area contributed by atoms with E-state index in [1.165, 1.54) is 0 Å². The number of carbonyl (C=O) groups is 2. The molecule has 0 atom stereocenters. The lowest BCUT2D eigenvalue weighted by atomic mass is 10.1. The maximum Gasteiger partial charge on any atom is 0.279 e. The van der Waals surface area contributed by atoms with Crippen LogP contribution < -0.4 is 10.2 Å². The lowest BCUT2D eigenvalue weighted by Gasteiger charge is -2.32. The van der Waals surface area contributed by atoms with Crippen molar-refractivity contribution in [1.29, 1.82) is 5.26 Å². The predicted molar refractivity (Wildman–Crippen MR) is 103 cm³/mol. The molecule has 27 heavy (non-hydrogen) atoms. The summed E-state index contributed by atoms with van der Waals surface area (Å²) in [7, 11) is 0. The van der Waals surface area contributed by atoms with Crippen molar-refractivity contribution >= 4 is 29.1 Å². The number of rotatable bonds is 4. The van der Waals surface area contributed by atoms with Crippen LogP contribution in [0.25, 0.3) is 0 Å². The van der Waals surface area contributed by atoms with Crippen molar-refractivity contribution in [1.82, 2.24) is 4.90 Å². The van der Waals surface area contributed by atoms with Crippen LogP contribution in [-0.2, 0) is 4.79 Å². The molecule has 2 amide bonds. The minimum atomic E-state index is -0.0926. The SMILES string of the molecule is N#Cc1ccc(C(=O)N2CC[NH+](CC(=O)Nc3ccccc3Cl)CC2)cc1. The molecule has 0 bridgehead atoms. The number of para-hydroxylation sites is 1. The highest BCUT2D eigenvalue weighted by molar-refractivity contribution is 6.33.